The smallest absolute Gasteiger partial charge is 0.342 e. The number of rotatable bonds is 9. The van der Waals surface area contributed by atoms with Gasteiger partial charge in [-0.2, -0.15) is 0 Å². The Balaban J connectivity index is 2.34. The van der Waals surface area contributed by atoms with Crippen LogP contribution in [0.3, 0.4) is 0 Å². The molecule has 8 nitrogen and oxygen atoms in total. The molecule has 28 heavy (non-hydrogen) atoms. The highest BCUT2D eigenvalue weighted by atomic mass is 31.2. The van der Waals surface area contributed by atoms with Gasteiger partial charge in [-0.05, 0) is 56.9 Å². The Morgan fingerprint density at radius 3 is 2.21 bits per heavy atom. The Kier molecular flexibility index (Phi) is 8.35. The van der Waals surface area contributed by atoms with Crippen molar-refractivity contribution >= 4 is 25.3 Å². The van der Waals surface area contributed by atoms with E-state index in [0.29, 0.717) is 18.7 Å². The van der Waals surface area contributed by atoms with E-state index in [2.05, 4.69) is 0 Å². The monoisotopic (exact) mass is 410 g/mol. The first-order valence-electron chi connectivity index (χ1n) is 9.52. The fourth-order valence-corrected chi connectivity index (χ4v) is 4.79. The number of likely N-dealkylation sites (tertiary alicyclic amines) is 1. The van der Waals surface area contributed by atoms with E-state index in [1.807, 2.05) is 0 Å². The number of carbonyl (C=O) groups is 1. The molecule has 9 heteroatoms. The van der Waals surface area contributed by atoms with Crippen molar-refractivity contribution in [1.29, 1.82) is 0 Å². The molecule has 0 radical (unpaired) electrons. The number of piperidine rings is 1. The average molecular weight is 410 g/mol. The standard InChI is InChI=1S/C19H27N2O6P/c1-3-26-28(25,27-4-2)18(15-19(22)20-12-6-5-7-13-20)14-16-8-10-17(11-9-16)21(23)24/h8-11,14H,3-7,12-13,15H2,1-2H3/b18-14+. The van der Waals surface area contributed by atoms with E-state index < -0.39 is 12.5 Å². The van der Waals surface area contributed by atoms with E-state index >= 15 is 0 Å². The molecule has 0 aliphatic carbocycles. The van der Waals surface area contributed by atoms with Crippen LogP contribution in [0, 0.1) is 10.1 Å². The normalized spacial score (nSPS) is 15.5. The lowest BCUT2D eigenvalue weighted by Crippen LogP contribution is -2.35. The lowest BCUT2D eigenvalue weighted by molar-refractivity contribution is -0.384. The van der Waals surface area contributed by atoms with Crippen molar-refractivity contribution in [2.75, 3.05) is 26.3 Å². The Labute approximate surface area is 165 Å². The van der Waals surface area contributed by atoms with Gasteiger partial charge in [-0.1, -0.05) is 0 Å². The van der Waals surface area contributed by atoms with Crippen LogP contribution >= 0.6 is 7.60 Å². The fraction of sp³-hybridized carbons (Fsp3) is 0.526. The Hall–Kier alpha value is -2.02. The molecular formula is C19H27N2O6P. The molecule has 1 amide bonds. The second-order valence-electron chi connectivity index (χ2n) is 6.44. The molecule has 1 saturated heterocycles. The summed E-state index contributed by atoms with van der Waals surface area (Å²) in [4.78, 5) is 24.9. The molecule has 1 fully saturated rings. The van der Waals surface area contributed by atoms with E-state index in [0.717, 1.165) is 19.3 Å². The summed E-state index contributed by atoms with van der Waals surface area (Å²) in [5.41, 5.74) is 0.549. The molecule has 0 N–H and O–H groups in total. The number of nitro groups is 1. The van der Waals surface area contributed by atoms with Crippen LogP contribution in [0.1, 0.15) is 45.1 Å². The number of hydrogen-bond donors (Lipinski definition) is 0. The van der Waals surface area contributed by atoms with Crippen molar-refractivity contribution in [3.05, 3.63) is 45.3 Å². The van der Waals surface area contributed by atoms with Gasteiger partial charge in [-0.15, -0.1) is 0 Å². The fourth-order valence-electron chi connectivity index (χ4n) is 3.06. The van der Waals surface area contributed by atoms with E-state index in [9.17, 15) is 19.5 Å². The average Bonchev–Trinajstić information content (AvgIpc) is 2.69. The molecule has 1 heterocycles. The van der Waals surface area contributed by atoms with Gasteiger partial charge in [-0.25, -0.2) is 0 Å². The van der Waals surface area contributed by atoms with Crippen molar-refractivity contribution in [1.82, 2.24) is 4.90 Å². The zero-order valence-corrected chi connectivity index (χ0v) is 17.2. The van der Waals surface area contributed by atoms with Crippen LogP contribution in [0.4, 0.5) is 5.69 Å². The van der Waals surface area contributed by atoms with Crippen molar-refractivity contribution in [2.24, 2.45) is 0 Å². The summed E-state index contributed by atoms with van der Waals surface area (Å²) in [7, 11) is -3.65. The molecule has 1 aliphatic heterocycles. The molecule has 0 aromatic heterocycles. The van der Waals surface area contributed by atoms with Gasteiger partial charge in [-0.3, -0.25) is 19.5 Å². The minimum atomic E-state index is -3.65. The predicted molar refractivity (Wildman–Crippen MR) is 107 cm³/mol. The Morgan fingerprint density at radius 2 is 1.71 bits per heavy atom. The molecule has 1 aromatic rings. The molecule has 1 aliphatic rings. The van der Waals surface area contributed by atoms with E-state index in [-0.39, 0.29) is 36.5 Å². The summed E-state index contributed by atoms with van der Waals surface area (Å²) in [5.74, 6) is -0.118. The van der Waals surface area contributed by atoms with Crippen LogP contribution in [-0.2, 0) is 18.4 Å². The Morgan fingerprint density at radius 1 is 1.14 bits per heavy atom. The molecule has 154 valence electrons. The summed E-state index contributed by atoms with van der Waals surface area (Å²) in [6, 6.07) is 5.82. The largest absolute Gasteiger partial charge is 0.357 e. The van der Waals surface area contributed by atoms with Gasteiger partial charge in [0.15, 0.2) is 0 Å². The van der Waals surface area contributed by atoms with E-state index in [1.54, 1.807) is 37.0 Å². The number of amides is 1. The van der Waals surface area contributed by atoms with Gasteiger partial charge < -0.3 is 13.9 Å². The zero-order chi connectivity index (χ0) is 20.6. The SMILES string of the molecule is CCOP(=O)(OCC)/C(=C/c1ccc([N+](=O)[O-])cc1)CC(=O)N1CCCCC1. The van der Waals surface area contributed by atoms with Crippen LogP contribution in [0.15, 0.2) is 29.6 Å². The van der Waals surface area contributed by atoms with Gasteiger partial charge in [0.2, 0.25) is 5.91 Å². The van der Waals surface area contributed by atoms with Crippen LogP contribution in [0.5, 0.6) is 0 Å². The summed E-state index contributed by atoms with van der Waals surface area (Å²) in [5, 5.41) is 11.1. The highest BCUT2D eigenvalue weighted by Crippen LogP contribution is 2.58. The van der Waals surface area contributed by atoms with Gasteiger partial charge in [0.25, 0.3) is 5.69 Å². The first-order chi connectivity index (χ1) is 13.4. The van der Waals surface area contributed by atoms with Gasteiger partial charge in [0.1, 0.15) is 0 Å². The van der Waals surface area contributed by atoms with Crippen molar-refractivity contribution in [3.63, 3.8) is 0 Å². The molecule has 0 unspecified atom stereocenters. The molecule has 0 bridgehead atoms. The molecule has 1 aromatic carbocycles. The van der Waals surface area contributed by atoms with Crippen LogP contribution < -0.4 is 0 Å². The maximum absolute atomic E-state index is 13.3. The molecule has 0 atom stereocenters. The molecule has 0 saturated carbocycles. The van der Waals surface area contributed by atoms with Gasteiger partial charge in [0.05, 0.1) is 29.9 Å². The number of nitro benzene ring substituents is 1. The minimum absolute atomic E-state index is 0.0408. The highest BCUT2D eigenvalue weighted by Gasteiger charge is 2.32. The lowest BCUT2D eigenvalue weighted by Gasteiger charge is -2.28. The van der Waals surface area contributed by atoms with Crippen molar-refractivity contribution in [2.45, 2.75) is 39.5 Å². The van der Waals surface area contributed by atoms with Crippen LogP contribution in [0.25, 0.3) is 6.08 Å². The maximum Gasteiger partial charge on any atom is 0.357 e. The van der Waals surface area contributed by atoms with E-state index in [1.165, 1.54) is 12.1 Å². The molecule has 2 rings (SSSR count). The maximum atomic E-state index is 13.3. The second-order valence-corrected chi connectivity index (χ2v) is 8.52. The minimum Gasteiger partial charge on any atom is -0.342 e. The zero-order valence-electron chi connectivity index (χ0n) is 16.3. The van der Waals surface area contributed by atoms with Gasteiger partial charge >= 0.3 is 7.60 Å². The first-order valence-corrected chi connectivity index (χ1v) is 11.1. The summed E-state index contributed by atoms with van der Waals surface area (Å²) >= 11 is 0. The summed E-state index contributed by atoms with van der Waals surface area (Å²) in [6.07, 6.45) is 4.53. The van der Waals surface area contributed by atoms with E-state index in [4.69, 9.17) is 9.05 Å². The van der Waals surface area contributed by atoms with Crippen LogP contribution in [-0.4, -0.2) is 42.0 Å². The number of benzene rings is 1. The quantitative estimate of drug-likeness (QED) is 0.335. The van der Waals surface area contributed by atoms with Crippen molar-refractivity contribution in [3.8, 4) is 0 Å². The van der Waals surface area contributed by atoms with Crippen molar-refractivity contribution < 1.29 is 23.3 Å². The summed E-state index contributed by atoms with van der Waals surface area (Å²) < 4.78 is 24.2. The number of non-ortho nitro benzene ring substituents is 1. The lowest BCUT2D eigenvalue weighted by atomic mass is 10.1. The van der Waals surface area contributed by atoms with Gasteiger partial charge in [0, 0.05) is 25.2 Å². The highest BCUT2D eigenvalue weighted by molar-refractivity contribution is 7.58. The second kappa shape index (κ2) is 10.5. The first kappa shape index (κ1) is 22.3. The van der Waals surface area contributed by atoms with Crippen LogP contribution in [0.2, 0.25) is 0 Å². The Bertz CT molecular complexity index is 746. The summed E-state index contributed by atoms with van der Waals surface area (Å²) in [6.45, 7) is 5.15. The number of nitrogens with zero attached hydrogens (tertiary/aromatic N) is 2. The number of hydrogen-bond acceptors (Lipinski definition) is 6. The third-order valence-corrected chi connectivity index (χ3v) is 6.62. The third-order valence-electron chi connectivity index (χ3n) is 4.43. The third kappa shape index (κ3) is 5.99. The molecule has 0 spiro atoms. The predicted octanol–water partition coefficient (Wildman–Crippen LogP) is 4.60. The number of carbonyl (C=O) groups excluding carboxylic acids is 1. The molecular weight excluding hydrogens is 383 g/mol. The topological polar surface area (TPSA) is 99.0 Å².